The number of allylic oxidation sites excluding steroid dienone is 12. The molecule has 0 aromatic carbocycles. The molecule has 0 saturated carbocycles. The second-order valence-electron chi connectivity index (χ2n) is 11.2. The number of rotatable bonds is 25. The quantitative estimate of drug-likeness (QED) is 0.0575. The molecule has 10 nitrogen and oxygen atoms in total. The van der Waals surface area contributed by atoms with Crippen LogP contribution < -0.4 is 0 Å². The van der Waals surface area contributed by atoms with E-state index in [0.29, 0.717) is 12.8 Å². The smallest absolute Gasteiger partial charge is 0.306 e. The molecule has 0 radical (unpaired) electrons. The SMILES string of the molecule is CC/C=C\C/C=C\C/C=C\C/C=C\C/C=C\C/C=C\CCC(=O)OC(COC(=O)CCCCC)COC1OC(CO)C(O)C(O)C1O. The number of ether oxygens (including phenoxy) is 4. The monoisotopic (exact) mass is 662 g/mol. The summed E-state index contributed by atoms with van der Waals surface area (Å²) in [4.78, 5) is 24.6. The highest BCUT2D eigenvalue weighted by Crippen LogP contribution is 2.22. The molecule has 47 heavy (non-hydrogen) atoms. The molecule has 6 atom stereocenters. The van der Waals surface area contributed by atoms with Crippen LogP contribution in [0.1, 0.15) is 90.9 Å². The van der Waals surface area contributed by atoms with Crippen LogP contribution in [0.4, 0.5) is 0 Å². The summed E-state index contributed by atoms with van der Waals surface area (Å²) in [6.45, 7) is 2.99. The molecular formula is C37H58O10. The number of esters is 2. The van der Waals surface area contributed by atoms with Crippen molar-refractivity contribution in [2.24, 2.45) is 0 Å². The average molecular weight is 663 g/mol. The Hall–Kier alpha value is -2.86. The van der Waals surface area contributed by atoms with E-state index < -0.39 is 55.4 Å². The van der Waals surface area contributed by atoms with Crippen LogP contribution in [0.15, 0.2) is 72.9 Å². The number of unbranched alkanes of at least 4 members (excludes halogenated alkanes) is 2. The molecule has 1 saturated heterocycles. The fraction of sp³-hybridized carbons (Fsp3) is 0.622. The van der Waals surface area contributed by atoms with E-state index in [-0.39, 0.29) is 26.1 Å². The fourth-order valence-electron chi connectivity index (χ4n) is 4.39. The highest BCUT2D eigenvalue weighted by Gasteiger charge is 2.44. The van der Waals surface area contributed by atoms with Gasteiger partial charge in [-0.15, -0.1) is 0 Å². The van der Waals surface area contributed by atoms with Crippen LogP contribution in [-0.2, 0) is 28.5 Å². The normalized spacial score (nSPS) is 22.9. The largest absolute Gasteiger partial charge is 0.462 e. The highest BCUT2D eigenvalue weighted by atomic mass is 16.7. The predicted molar refractivity (Wildman–Crippen MR) is 182 cm³/mol. The molecule has 1 heterocycles. The van der Waals surface area contributed by atoms with Gasteiger partial charge >= 0.3 is 11.9 Å². The predicted octanol–water partition coefficient (Wildman–Crippen LogP) is 5.32. The van der Waals surface area contributed by atoms with Crippen molar-refractivity contribution < 1.29 is 49.0 Å². The maximum Gasteiger partial charge on any atom is 0.306 e. The third-order valence-corrected chi connectivity index (χ3v) is 7.12. The van der Waals surface area contributed by atoms with Crippen molar-refractivity contribution in [1.82, 2.24) is 0 Å². The van der Waals surface area contributed by atoms with Crippen molar-refractivity contribution in [3.05, 3.63) is 72.9 Å². The Morgan fingerprint density at radius 1 is 0.681 bits per heavy atom. The van der Waals surface area contributed by atoms with E-state index in [4.69, 9.17) is 18.9 Å². The van der Waals surface area contributed by atoms with Gasteiger partial charge in [-0.1, -0.05) is 99.6 Å². The van der Waals surface area contributed by atoms with Crippen LogP contribution in [0.2, 0.25) is 0 Å². The van der Waals surface area contributed by atoms with Crippen molar-refractivity contribution in [3.8, 4) is 0 Å². The highest BCUT2D eigenvalue weighted by molar-refractivity contribution is 5.70. The molecule has 4 N–H and O–H groups in total. The zero-order valence-electron chi connectivity index (χ0n) is 28.2. The standard InChI is InChI=1S/C37H58O10/c1-3-5-7-8-9-10-11-12-13-14-15-16-17-18-19-20-21-22-24-26-33(40)46-30(28-44-32(39)25-23-6-4-2)29-45-37-36(43)35(42)34(41)31(27-38)47-37/h5,7,9-10,12-13,15-16,18-19,21-22,30-31,34-38,41-43H,3-4,6,8,11,14,17,20,23-29H2,1-2H3/b7-5-,10-9-,13-12-,16-15-,19-18-,22-21-. The van der Waals surface area contributed by atoms with Gasteiger partial charge in [-0.2, -0.15) is 0 Å². The van der Waals surface area contributed by atoms with Crippen LogP contribution >= 0.6 is 0 Å². The number of carbonyl (C=O) groups is 2. The molecular weight excluding hydrogens is 604 g/mol. The van der Waals surface area contributed by atoms with Gasteiger partial charge in [0.15, 0.2) is 12.4 Å². The molecule has 1 aliphatic rings. The summed E-state index contributed by atoms with van der Waals surface area (Å²) in [5.74, 6) is -0.945. The van der Waals surface area contributed by atoms with Crippen LogP contribution in [0.3, 0.4) is 0 Å². The third-order valence-electron chi connectivity index (χ3n) is 7.12. The van der Waals surface area contributed by atoms with Gasteiger partial charge < -0.3 is 39.4 Å². The van der Waals surface area contributed by atoms with Crippen LogP contribution in [0.5, 0.6) is 0 Å². The molecule has 0 amide bonds. The van der Waals surface area contributed by atoms with Gasteiger partial charge in [-0.05, 0) is 51.4 Å². The summed E-state index contributed by atoms with van der Waals surface area (Å²) >= 11 is 0. The van der Waals surface area contributed by atoms with Crippen molar-refractivity contribution in [2.45, 2.75) is 128 Å². The Morgan fingerprint density at radius 3 is 1.77 bits per heavy atom. The van der Waals surface area contributed by atoms with E-state index in [9.17, 15) is 30.0 Å². The number of aliphatic hydroxyl groups is 4. The van der Waals surface area contributed by atoms with Crippen LogP contribution in [-0.4, -0.2) is 89.0 Å². The molecule has 1 rings (SSSR count). The second-order valence-corrected chi connectivity index (χ2v) is 11.2. The minimum absolute atomic E-state index is 0.100. The molecule has 0 aliphatic carbocycles. The third kappa shape index (κ3) is 20.9. The Labute approximate surface area is 281 Å². The molecule has 0 aromatic heterocycles. The first-order chi connectivity index (χ1) is 22.8. The van der Waals surface area contributed by atoms with Crippen molar-refractivity contribution >= 4 is 11.9 Å². The molecule has 1 fully saturated rings. The lowest BCUT2D eigenvalue weighted by Gasteiger charge is -2.39. The second kappa shape index (κ2) is 28.2. The van der Waals surface area contributed by atoms with E-state index in [1.54, 1.807) is 0 Å². The maximum absolute atomic E-state index is 12.5. The first-order valence-electron chi connectivity index (χ1n) is 17.0. The molecule has 0 spiro atoms. The summed E-state index contributed by atoms with van der Waals surface area (Å²) in [5, 5.41) is 39.6. The molecule has 10 heteroatoms. The molecule has 6 unspecified atom stereocenters. The van der Waals surface area contributed by atoms with Crippen molar-refractivity contribution in [3.63, 3.8) is 0 Å². The van der Waals surface area contributed by atoms with Gasteiger partial charge in [0.05, 0.1) is 13.2 Å². The number of hydrogen-bond acceptors (Lipinski definition) is 10. The number of hydrogen-bond donors (Lipinski definition) is 4. The summed E-state index contributed by atoms with van der Waals surface area (Å²) in [7, 11) is 0. The minimum atomic E-state index is -1.61. The first-order valence-corrected chi connectivity index (χ1v) is 17.0. The van der Waals surface area contributed by atoms with Gasteiger partial charge in [-0.3, -0.25) is 9.59 Å². The molecule has 0 aromatic rings. The minimum Gasteiger partial charge on any atom is -0.462 e. The van der Waals surface area contributed by atoms with E-state index in [2.05, 4.69) is 67.7 Å². The van der Waals surface area contributed by atoms with E-state index in [1.807, 2.05) is 19.1 Å². The number of carbonyl (C=O) groups excluding carboxylic acids is 2. The zero-order valence-corrected chi connectivity index (χ0v) is 28.2. The maximum atomic E-state index is 12.5. The lowest BCUT2D eigenvalue weighted by atomic mass is 9.99. The molecule has 0 bridgehead atoms. The van der Waals surface area contributed by atoms with E-state index in [1.165, 1.54) is 0 Å². The summed E-state index contributed by atoms with van der Waals surface area (Å²) in [6.07, 6.45) is 25.9. The number of aliphatic hydroxyl groups excluding tert-OH is 4. The Balaban J connectivity index is 2.41. The Bertz CT molecular complexity index is 997. The first kappa shape index (κ1) is 42.2. The van der Waals surface area contributed by atoms with Gasteiger partial charge in [-0.25, -0.2) is 0 Å². The van der Waals surface area contributed by atoms with Gasteiger partial charge in [0.2, 0.25) is 0 Å². The van der Waals surface area contributed by atoms with Crippen molar-refractivity contribution in [1.29, 1.82) is 0 Å². The van der Waals surface area contributed by atoms with E-state index in [0.717, 1.165) is 51.4 Å². The summed E-state index contributed by atoms with van der Waals surface area (Å²) in [6, 6.07) is 0. The van der Waals surface area contributed by atoms with Gasteiger partial charge in [0, 0.05) is 12.8 Å². The Kier molecular flexibility index (Phi) is 25.3. The van der Waals surface area contributed by atoms with Crippen LogP contribution in [0, 0.1) is 0 Å². The molecule has 1 aliphatic heterocycles. The lowest BCUT2D eigenvalue weighted by molar-refractivity contribution is -0.305. The van der Waals surface area contributed by atoms with E-state index >= 15 is 0 Å². The fourth-order valence-corrected chi connectivity index (χ4v) is 4.39. The van der Waals surface area contributed by atoms with Crippen LogP contribution in [0.25, 0.3) is 0 Å². The average Bonchev–Trinajstić information content (AvgIpc) is 3.06. The van der Waals surface area contributed by atoms with Gasteiger partial charge in [0.1, 0.15) is 31.0 Å². The summed E-state index contributed by atoms with van der Waals surface area (Å²) in [5.41, 5.74) is 0. The van der Waals surface area contributed by atoms with Crippen molar-refractivity contribution in [2.75, 3.05) is 19.8 Å². The Morgan fingerprint density at radius 2 is 1.23 bits per heavy atom. The molecule has 266 valence electrons. The van der Waals surface area contributed by atoms with Gasteiger partial charge in [0.25, 0.3) is 0 Å². The summed E-state index contributed by atoms with van der Waals surface area (Å²) < 4.78 is 21.6. The lowest BCUT2D eigenvalue weighted by Crippen LogP contribution is -2.59. The zero-order chi connectivity index (χ0) is 34.5. The topological polar surface area (TPSA) is 152 Å².